The third-order valence-electron chi connectivity index (χ3n) is 6.38. The number of fused-ring (bicyclic) bond motifs is 2. The molecular weight excluding hydrogens is 440 g/mol. The summed E-state index contributed by atoms with van der Waals surface area (Å²) < 4.78 is 2.11. The topological polar surface area (TPSA) is 91.6 Å². The number of ketones is 1. The summed E-state index contributed by atoms with van der Waals surface area (Å²) >= 11 is 0. The van der Waals surface area contributed by atoms with Crippen LogP contribution < -0.4 is 5.32 Å². The molecule has 0 aliphatic heterocycles. The molecule has 0 aliphatic rings. The number of nitrogens with zero attached hydrogens (tertiary/aromatic N) is 1. The van der Waals surface area contributed by atoms with E-state index in [0.717, 1.165) is 27.4 Å². The highest BCUT2D eigenvalue weighted by Crippen LogP contribution is 2.30. The van der Waals surface area contributed by atoms with Crippen molar-refractivity contribution in [2.24, 2.45) is 0 Å². The lowest BCUT2D eigenvalue weighted by Gasteiger charge is -2.12. The highest BCUT2D eigenvalue weighted by Gasteiger charge is 2.22. The number of carboxylic acid groups (broad SMARTS) is 1. The lowest BCUT2D eigenvalue weighted by atomic mass is 9.95. The number of carbonyl (C=O) groups is 2. The van der Waals surface area contributed by atoms with Crippen LogP contribution in [-0.2, 0) is 6.54 Å². The van der Waals surface area contributed by atoms with Crippen molar-refractivity contribution in [3.63, 3.8) is 0 Å². The van der Waals surface area contributed by atoms with E-state index >= 15 is 0 Å². The van der Waals surface area contributed by atoms with Crippen LogP contribution in [0, 0.1) is 6.92 Å². The number of carbonyl (C=O) groups excluding carboxylic acids is 1. The molecule has 0 bridgehead atoms. The van der Waals surface area contributed by atoms with Crippen molar-refractivity contribution in [1.82, 2.24) is 4.57 Å². The van der Waals surface area contributed by atoms with Crippen LogP contribution in [0.1, 0.15) is 32.0 Å². The molecule has 174 valence electrons. The second-order valence-electron chi connectivity index (χ2n) is 8.45. The number of nitrogens with one attached hydrogen (secondary N) is 1. The highest BCUT2D eigenvalue weighted by atomic mass is 16.4. The van der Waals surface area contributed by atoms with Gasteiger partial charge in [-0.1, -0.05) is 60.7 Å². The fraction of sp³-hybridized carbons (Fsp3) is 0.103. The molecule has 0 radical (unpaired) electrons. The highest BCUT2D eigenvalue weighted by molar-refractivity contribution is 6.22. The molecule has 0 atom stereocenters. The number of benzene rings is 4. The Bertz CT molecular complexity index is 1590. The van der Waals surface area contributed by atoms with Crippen LogP contribution in [0.3, 0.4) is 0 Å². The molecule has 0 amide bonds. The van der Waals surface area contributed by atoms with Crippen LogP contribution in [0.25, 0.3) is 21.7 Å². The number of aromatic carboxylic acids is 1. The Morgan fingerprint density at radius 2 is 1.57 bits per heavy atom. The standard InChI is InChI=1S/C29H24N2O4/c1-18-27(28(33)22-11-6-8-19-7-2-3-9-21(19)22)23-10-4-5-12-25(23)31(18)16-15-30-20-13-14-26(32)24(17-20)29(34)35/h2-14,17,30,32H,15-16H2,1H3,(H,34,35). The molecule has 0 aliphatic carbocycles. The largest absolute Gasteiger partial charge is 0.507 e. The van der Waals surface area contributed by atoms with Crippen LogP contribution in [0.15, 0.2) is 84.9 Å². The van der Waals surface area contributed by atoms with Crippen molar-refractivity contribution in [3.8, 4) is 5.75 Å². The maximum atomic E-state index is 13.8. The molecule has 0 fully saturated rings. The van der Waals surface area contributed by atoms with Crippen LogP contribution in [0.4, 0.5) is 5.69 Å². The van der Waals surface area contributed by atoms with Gasteiger partial charge in [-0.25, -0.2) is 4.79 Å². The average molecular weight is 465 g/mol. The zero-order chi connectivity index (χ0) is 24.5. The SMILES string of the molecule is Cc1c(C(=O)c2cccc3ccccc23)c2ccccc2n1CCNc1ccc(O)c(C(=O)O)c1. The Labute approximate surface area is 202 Å². The Balaban J connectivity index is 1.48. The van der Waals surface area contributed by atoms with Crippen LogP contribution in [0.2, 0.25) is 0 Å². The van der Waals surface area contributed by atoms with Gasteiger partial charge in [-0.15, -0.1) is 0 Å². The first kappa shape index (κ1) is 22.2. The Hall–Kier alpha value is -4.58. The van der Waals surface area contributed by atoms with Gasteiger partial charge in [0.1, 0.15) is 11.3 Å². The van der Waals surface area contributed by atoms with Gasteiger partial charge in [0.2, 0.25) is 0 Å². The van der Waals surface area contributed by atoms with Crippen molar-refractivity contribution in [2.75, 3.05) is 11.9 Å². The maximum absolute atomic E-state index is 13.8. The summed E-state index contributed by atoms with van der Waals surface area (Å²) in [5, 5.41) is 25.1. The molecular formula is C29H24N2O4. The van der Waals surface area contributed by atoms with E-state index in [2.05, 4.69) is 9.88 Å². The predicted octanol–water partition coefficient (Wildman–Crippen LogP) is 5.85. The van der Waals surface area contributed by atoms with Crippen molar-refractivity contribution in [2.45, 2.75) is 13.5 Å². The van der Waals surface area contributed by atoms with Gasteiger partial charge >= 0.3 is 5.97 Å². The summed E-state index contributed by atoms with van der Waals surface area (Å²) in [4.78, 5) is 25.1. The smallest absolute Gasteiger partial charge is 0.339 e. The number of anilines is 1. The molecule has 35 heavy (non-hydrogen) atoms. The average Bonchev–Trinajstić information content (AvgIpc) is 3.15. The number of phenols is 1. The fourth-order valence-corrected chi connectivity index (χ4v) is 4.69. The molecule has 0 unspecified atom stereocenters. The van der Waals surface area contributed by atoms with Gasteiger partial charge in [0.25, 0.3) is 0 Å². The fourth-order valence-electron chi connectivity index (χ4n) is 4.69. The first-order valence-electron chi connectivity index (χ1n) is 11.4. The number of hydrogen-bond donors (Lipinski definition) is 3. The lowest BCUT2D eigenvalue weighted by molar-refractivity contribution is 0.0693. The van der Waals surface area contributed by atoms with Crippen LogP contribution >= 0.6 is 0 Å². The van der Waals surface area contributed by atoms with E-state index in [1.165, 1.54) is 12.1 Å². The molecule has 0 saturated carbocycles. The zero-order valence-electron chi connectivity index (χ0n) is 19.2. The van der Waals surface area contributed by atoms with E-state index in [9.17, 15) is 19.8 Å². The molecule has 0 spiro atoms. The number of aromatic nitrogens is 1. The van der Waals surface area contributed by atoms with Crippen LogP contribution in [-0.4, -0.2) is 33.1 Å². The number of aromatic hydroxyl groups is 1. The number of para-hydroxylation sites is 1. The minimum atomic E-state index is -1.19. The van der Waals surface area contributed by atoms with Gasteiger partial charge in [0.05, 0.1) is 5.56 Å². The van der Waals surface area contributed by atoms with Crippen molar-refractivity contribution < 1.29 is 19.8 Å². The molecule has 3 N–H and O–H groups in total. The lowest BCUT2D eigenvalue weighted by Crippen LogP contribution is -2.13. The van der Waals surface area contributed by atoms with E-state index in [0.29, 0.717) is 29.9 Å². The first-order chi connectivity index (χ1) is 17.0. The minimum Gasteiger partial charge on any atom is -0.507 e. The zero-order valence-corrected chi connectivity index (χ0v) is 19.2. The normalized spacial score (nSPS) is 11.1. The van der Waals surface area contributed by atoms with Gasteiger partial charge in [-0.05, 0) is 42.0 Å². The first-order valence-corrected chi connectivity index (χ1v) is 11.4. The van der Waals surface area contributed by atoms with E-state index in [4.69, 9.17) is 0 Å². The quantitative estimate of drug-likeness (QED) is 0.208. The number of rotatable bonds is 7. The van der Waals surface area contributed by atoms with Gasteiger partial charge in [-0.2, -0.15) is 0 Å². The molecule has 0 saturated heterocycles. The van der Waals surface area contributed by atoms with Gasteiger partial charge < -0.3 is 20.1 Å². The Kier molecular flexibility index (Phi) is 5.71. The molecule has 5 aromatic rings. The van der Waals surface area contributed by atoms with Crippen LogP contribution in [0.5, 0.6) is 5.75 Å². The third-order valence-corrected chi connectivity index (χ3v) is 6.38. The summed E-state index contributed by atoms with van der Waals surface area (Å²) in [7, 11) is 0. The monoisotopic (exact) mass is 464 g/mol. The minimum absolute atomic E-state index is 0.00755. The van der Waals surface area contributed by atoms with E-state index in [1.807, 2.05) is 73.7 Å². The Morgan fingerprint density at radius 3 is 2.37 bits per heavy atom. The van der Waals surface area contributed by atoms with Gasteiger partial charge in [0.15, 0.2) is 5.78 Å². The van der Waals surface area contributed by atoms with E-state index in [-0.39, 0.29) is 17.1 Å². The van der Waals surface area contributed by atoms with Crippen molar-refractivity contribution in [3.05, 3.63) is 107 Å². The maximum Gasteiger partial charge on any atom is 0.339 e. The molecule has 1 heterocycles. The van der Waals surface area contributed by atoms with Gasteiger partial charge in [0, 0.05) is 40.9 Å². The second kappa shape index (κ2) is 8.99. The molecule has 6 heteroatoms. The molecule has 4 aromatic carbocycles. The summed E-state index contributed by atoms with van der Waals surface area (Å²) in [6.07, 6.45) is 0. The van der Waals surface area contributed by atoms with Gasteiger partial charge in [-0.3, -0.25) is 4.79 Å². The summed E-state index contributed by atoms with van der Waals surface area (Å²) in [5.74, 6) is -1.46. The molecule has 1 aromatic heterocycles. The summed E-state index contributed by atoms with van der Waals surface area (Å²) in [6, 6.07) is 26.0. The molecule has 6 nitrogen and oxygen atoms in total. The van der Waals surface area contributed by atoms with E-state index in [1.54, 1.807) is 6.07 Å². The predicted molar refractivity (Wildman–Crippen MR) is 138 cm³/mol. The summed E-state index contributed by atoms with van der Waals surface area (Å²) in [6.45, 7) is 3.03. The Morgan fingerprint density at radius 1 is 0.857 bits per heavy atom. The summed E-state index contributed by atoms with van der Waals surface area (Å²) in [5.41, 5.74) is 3.66. The van der Waals surface area contributed by atoms with Crippen molar-refractivity contribution in [1.29, 1.82) is 0 Å². The van der Waals surface area contributed by atoms with E-state index < -0.39 is 5.97 Å². The second-order valence-corrected chi connectivity index (χ2v) is 8.45. The van der Waals surface area contributed by atoms with Crippen molar-refractivity contribution >= 4 is 39.1 Å². The number of carboxylic acids is 1. The third kappa shape index (κ3) is 3.99. The number of hydrogen-bond acceptors (Lipinski definition) is 4. The molecule has 5 rings (SSSR count).